The third-order valence-electron chi connectivity index (χ3n) is 3.51. The lowest BCUT2D eigenvalue weighted by Crippen LogP contribution is -2.20. The highest BCUT2D eigenvalue weighted by Gasteiger charge is 2.31. The molecular weight excluding hydrogens is 387 g/mol. The van der Waals surface area contributed by atoms with Crippen LogP contribution >= 0.6 is 15.9 Å². The van der Waals surface area contributed by atoms with E-state index in [0.29, 0.717) is 5.69 Å². The summed E-state index contributed by atoms with van der Waals surface area (Å²) < 4.78 is 41.8. The Hall–Kier alpha value is -2.16. The highest BCUT2D eigenvalue weighted by atomic mass is 79.9. The van der Waals surface area contributed by atoms with Crippen molar-refractivity contribution >= 4 is 15.9 Å². The number of aryl methyl sites for hydroxylation is 2. The van der Waals surface area contributed by atoms with Gasteiger partial charge in [0, 0.05) is 15.9 Å². The summed E-state index contributed by atoms with van der Waals surface area (Å²) in [4.78, 5) is 0. The molecule has 0 saturated heterocycles. The average molecular weight is 400 g/mol. The van der Waals surface area contributed by atoms with Crippen molar-refractivity contribution in [1.29, 1.82) is 0 Å². The van der Waals surface area contributed by atoms with Gasteiger partial charge in [-0.1, -0.05) is 22.0 Å². The zero-order valence-electron chi connectivity index (χ0n) is 12.8. The maximum absolute atomic E-state index is 12.8. The van der Waals surface area contributed by atoms with Crippen LogP contribution in [0.25, 0.3) is 17.2 Å². The Balaban J connectivity index is 2.19. The second-order valence-corrected chi connectivity index (χ2v) is 6.32. The number of hydrogen-bond acceptors (Lipinski definition) is 3. The molecule has 3 aromatic rings. The van der Waals surface area contributed by atoms with E-state index in [9.17, 15) is 13.2 Å². The molecule has 24 heavy (non-hydrogen) atoms. The summed E-state index contributed by atoms with van der Waals surface area (Å²) in [6.45, 7) is 2.47. The third kappa shape index (κ3) is 3.21. The van der Waals surface area contributed by atoms with Gasteiger partial charge in [-0.3, -0.25) is 0 Å². The van der Waals surface area contributed by atoms with Gasteiger partial charge in [-0.15, -0.1) is 5.10 Å². The minimum absolute atomic E-state index is 0.0814. The fourth-order valence-corrected chi connectivity index (χ4v) is 3.06. The third-order valence-corrected chi connectivity index (χ3v) is 4.01. The van der Waals surface area contributed by atoms with Gasteiger partial charge < -0.3 is 4.57 Å². The van der Waals surface area contributed by atoms with Crippen LogP contribution in [0.4, 0.5) is 13.2 Å². The Labute approximate surface area is 144 Å². The van der Waals surface area contributed by atoms with Crippen molar-refractivity contribution in [3.05, 3.63) is 46.1 Å². The summed E-state index contributed by atoms with van der Waals surface area (Å²) in [7, 11) is 0. The zero-order chi connectivity index (χ0) is 17.5. The van der Waals surface area contributed by atoms with Gasteiger partial charge in [0.15, 0.2) is 5.82 Å². The smallest absolute Gasteiger partial charge is 0.311 e. The quantitative estimate of drug-likeness (QED) is 0.666. The van der Waals surface area contributed by atoms with Crippen LogP contribution in [0.1, 0.15) is 11.3 Å². The lowest BCUT2D eigenvalue weighted by molar-refractivity contribution is -0.142. The molecule has 2 heterocycles. The summed E-state index contributed by atoms with van der Waals surface area (Å²) in [6, 6.07) is 9.38. The molecule has 0 spiro atoms. The van der Waals surface area contributed by atoms with Crippen molar-refractivity contribution in [2.24, 2.45) is 0 Å². The first-order chi connectivity index (χ1) is 11.3. The van der Waals surface area contributed by atoms with Crippen LogP contribution in [0.15, 0.2) is 34.8 Å². The van der Waals surface area contributed by atoms with Crippen LogP contribution in [-0.4, -0.2) is 31.0 Å². The first-order valence-electron chi connectivity index (χ1n) is 7.04. The predicted molar refractivity (Wildman–Crippen MR) is 85.8 cm³/mol. The molecule has 1 aromatic carbocycles. The fraction of sp³-hybridized carbons (Fsp3) is 0.267. The molecule has 0 amide bonds. The van der Waals surface area contributed by atoms with E-state index in [1.807, 2.05) is 48.7 Å². The molecule has 0 N–H and O–H groups in total. The minimum Gasteiger partial charge on any atom is -0.311 e. The summed E-state index contributed by atoms with van der Waals surface area (Å²) in [5.74, 6) is 0.0814. The Bertz CT molecular complexity index is 882. The average Bonchev–Trinajstić information content (AvgIpc) is 3.00. The van der Waals surface area contributed by atoms with Crippen LogP contribution in [0, 0.1) is 13.8 Å². The number of halogens is 4. The molecule has 0 atom stereocenters. The van der Waals surface area contributed by atoms with E-state index in [1.54, 1.807) is 0 Å². The number of aromatic nitrogens is 5. The van der Waals surface area contributed by atoms with Crippen LogP contribution in [0.2, 0.25) is 0 Å². The molecule has 0 saturated carbocycles. The molecule has 2 aromatic heterocycles. The molecule has 5 nitrogen and oxygen atoms in total. The molecule has 0 fully saturated rings. The van der Waals surface area contributed by atoms with E-state index in [4.69, 9.17) is 0 Å². The molecule has 0 bridgehead atoms. The van der Waals surface area contributed by atoms with Crippen molar-refractivity contribution in [3.63, 3.8) is 0 Å². The van der Waals surface area contributed by atoms with Gasteiger partial charge in [0.25, 0.3) is 0 Å². The van der Waals surface area contributed by atoms with Crippen LogP contribution < -0.4 is 0 Å². The number of hydrogen-bond donors (Lipinski definition) is 0. The maximum atomic E-state index is 12.8. The number of tetrazole rings is 1. The minimum atomic E-state index is -4.40. The van der Waals surface area contributed by atoms with Crippen LogP contribution in [0.3, 0.4) is 0 Å². The normalized spacial score (nSPS) is 11.9. The molecule has 3 rings (SSSR count). The van der Waals surface area contributed by atoms with Crippen molar-refractivity contribution in [2.75, 3.05) is 0 Å². The molecule has 126 valence electrons. The Morgan fingerprint density at radius 2 is 1.92 bits per heavy atom. The Kier molecular flexibility index (Phi) is 4.20. The first kappa shape index (κ1) is 16.7. The molecule has 0 aliphatic rings. The van der Waals surface area contributed by atoms with Gasteiger partial charge in [0.2, 0.25) is 0 Å². The maximum Gasteiger partial charge on any atom is 0.408 e. The predicted octanol–water partition coefficient (Wildman–Crippen LogP) is 4.07. The van der Waals surface area contributed by atoms with E-state index >= 15 is 0 Å². The molecule has 9 heteroatoms. The van der Waals surface area contributed by atoms with Gasteiger partial charge in [-0.05, 0) is 54.1 Å². The molecule has 0 aliphatic heterocycles. The lowest BCUT2D eigenvalue weighted by Gasteiger charge is -2.13. The van der Waals surface area contributed by atoms with Crippen LogP contribution in [-0.2, 0) is 6.54 Å². The fourth-order valence-electron chi connectivity index (χ4n) is 2.67. The summed E-state index contributed by atoms with van der Waals surface area (Å²) in [6.07, 6.45) is -4.40. The van der Waals surface area contributed by atoms with Crippen molar-refractivity contribution in [1.82, 2.24) is 24.8 Å². The van der Waals surface area contributed by atoms with Gasteiger partial charge in [-0.25, -0.2) is 4.68 Å². The zero-order valence-corrected chi connectivity index (χ0v) is 14.4. The second-order valence-electron chi connectivity index (χ2n) is 5.41. The molecule has 0 aliphatic carbocycles. The number of benzene rings is 1. The first-order valence-corrected chi connectivity index (χ1v) is 7.84. The highest BCUT2D eigenvalue weighted by Crippen LogP contribution is 2.30. The topological polar surface area (TPSA) is 48.5 Å². The van der Waals surface area contributed by atoms with Gasteiger partial charge >= 0.3 is 6.18 Å². The standard InChI is InChI=1S/C15H13BrF3N5/c1-9-6-10(2)24(12-5-3-4-11(16)7-12)13(9)14-20-21-22-23(14)8-15(17,18)19/h3-7H,8H2,1-2H3. The van der Waals surface area contributed by atoms with E-state index in [1.165, 1.54) is 0 Å². The Morgan fingerprint density at radius 3 is 2.58 bits per heavy atom. The van der Waals surface area contributed by atoms with Gasteiger partial charge in [0.1, 0.15) is 6.54 Å². The van der Waals surface area contributed by atoms with E-state index in [2.05, 4.69) is 31.5 Å². The second kappa shape index (κ2) is 6.04. The summed E-state index contributed by atoms with van der Waals surface area (Å²) in [5.41, 5.74) is 3.03. The van der Waals surface area contributed by atoms with Crippen molar-refractivity contribution < 1.29 is 13.2 Å². The van der Waals surface area contributed by atoms with E-state index in [0.717, 1.165) is 26.1 Å². The molecule has 0 radical (unpaired) electrons. The monoisotopic (exact) mass is 399 g/mol. The number of rotatable bonds is 3. The van der Waals surface area contributed by atoms with Gasteiger partial charge in [0.05, 0.1) is 5.69 Å². The largest absolute Gasteiger partial charge is 0.408 e. The number of nitrogens with zero attached hydrogens (tertiary/aromatic N) is 5. The van der Waals surface area contributed by atoms with E-state index < -0.39 is 12.7 Å². The van der Waals surface area contributed by atoms with Crippen LogP contribution in [0.5, 0.6) is 0 Å². The summed E-state index contributed by atoms with van der Waals surface area (Å²) in [5, 5.41) is 10.7. The van der Waals surface area contributed by atoms with Gasteiger partial charge in [-0.2, -0.15) is 13.2 Å². The summed E-state index contributed by atoms with van der Waals surface area (Å²) >= 11 is 3.41. The SMILES string of the molecule is Cc1cc(C)n(-c2cccc(Br)c2)c1-c1nnnn1CC(F)(F)F. The van der Waals surface area contributed by atoms with Crippen molar-refractivity contribution in [2.45, 2.75) is 26.6 Å². The molecule has 0 unspecified atom stereocenters. The van der Waals surface area contributed by atoms with E-state index in [-0.39, 0.29) is 5.82 Å². The Morgan fingerprint density at radius 1 is 1.17 bits per heavy atom. The lowest BCUT2D eigenvalue weighted by atomic mass is 10.2. The van der Waals surface area contributed by atoms with Crippen molar-refractivity contribution in [3.8, 4) is 17.2 Å². The highest BCUT2D eigenvalue weighted by molar-refractivity contribution is 9.10. The number of alkyl halides is 3. The molecular formula is C15H13BrF3N5.